The minimum Gasteiger partial charge on any atom is -0.459 e. The van der Waals surface area contributed by atoms with Crippen LogP contribution in [0.4, 0.5) is 0 Å². The summed E-state index contributed by atoms with van der Waals surface area (Å²) in [7, 11) is 0. The predicted molar refractivity (Wildman–Crippen MR) is 88.7 cm³/mol. The molecule has 2 rings (SSSR count). The Morgan fingerprint density at radius 1 is 0.739 bits per heavy atom. The molecule has 2 saturated carbocycles. The fourth-order valence-electron chi connectivity index (χ4n) is 3.87. The summed E-state index contributed by atoms with van der Waals surface area (Å²) in [5.41, 5.74) is 0. The van der Waals surface area contributed by atoms with Gasteiger partial charge in [-0.2, -0.15) is 0 Å². The van der Waals surface area contributed by atoms with E-state index in [1.165, 1.54) is 18.6 Å². The van der Waals surface area contributed by atoms with Crippen LogP contribution >= 0.6 is 0 Å². The summed E-state index contributed by atoms with van der Waals surface area (Å²) in [4.78, 5) is 22.5. The van der Waals surface area contributed by atoms with Crippen molar-refractivity contribution in [3.05, 3.63) is 25.3 Å². The lowest BCUT2D eigenvalue weighted by molar-refractivity contribution is -0.145. The fraction of sp³-hybridized carbons (Fsp3) is 0.684. The minimum atomic E-state index is -0.305. The molecule has 4 heteroatoms. The Labute approximate surface area is 138 Å². The second-order valence-electron chi connectivity index (χ2n) is 6.80. The number of carbonyl (C=O) groups excluding carboxylic acids is 2. The quantitative estimate of drug-likeness (QED) is 0.549. The lowest BCUT2D eigenvalue weighted by Gasteiger charge is -2.33. The first-order valence-corrected chi connectivity index (χ1v) is 8.76. The number of carbonyl (C=O) groups is 2. The average Bonchev–Trinajstić information content (AvgIpc) is 2.58. The van der Waals surface area contributed by atoms with Crippen LogP contribution < -0.4 is 0 Å². The molecule has 0 unspecified atom stereocenters. The van der Waals surface area contributed by atoms with Crippen molar-refractivity contribution in [2.75, 3.05) is 0 Å². The normalized spacial score (nSPS) is 31.0. The van der Waals surface area contributed by atoms with Crippen LogP contribution in [0.1, 0.15) is 57.8 Å². The maximum atomic E-state index is 11.2. The minimum absolute atomic E-state index is 0.0748. The highest BCUT2D eigenvalue weighted by molar-refractivity contribution is 5.81. The molecule has 2 aliphatic carbocycles. The molecule has 0 aromatic carbocycles. The van der Waals surface area contributed by atoms with Crippen molar-refractivity contribution < 1.29 is 19.1 Å². The fourth-order valence-corrected chi connectivity index (χ4v) is 3.87. The monoisotopic (exact) mass is 320 g/mol. The molecule has 0 bridgehead atoms. The Morgan fingerprint density at radius 2 is 1.09 bits per heavy atom. The topological polar surface area (TPSA) is 52.6 Å². The number of ether oxygens (including phenoxy) is 2. The Morgan fingerprint density at radius 3 is 1.39 bits per heavy atom. The molecule has 0 amide bonds. The summed E-state index contributed by atoms with van der Waals surface area (Å²) in [6.07, 6.45) is 12.3. The molecular formula is C19H28O4. The van der Waals surface area contributed by atoms with E-state index in [0.717, 1.165) is 63.2 Å². The Kier molecular flexibility index (Phi) is 6.87. The lowest BCUT2D eigenvalue weighted by atomic mass is 9.76. The van der Waals surface area contributed by atoms with Crippen molar-refractivity contribution in [2.45, 2.75) is 70.0 Å². The highest BCUT2D eigenvalue weighted by atomic mass is 16.5. The van der Waals surface area contributed by atoms with Crippen LogP contribution in [-0.4, -0.2) is 24.1 Å². The van der Waals surface area contributed by atoms with Gasteiger partial charge in [0.1, 0.15) is 12.2 Å². The largest absolute Gasteiger partial charge is 0.459 e. The Bertz CT molecular complexity index is 387. The van der Waals surface area contributed by atoms with Gasteiger partial charge in [-0.05, 0) is 69.6 Å². The molecule has 0 saturated heterocycles. The van der Waals surface area contributed by atoms with E-state index in [-0.39, 0.29) is 24.1 Å². The second kappa shape index (κ2) is 8.90. The standard InChI is InChI=1S/C19H28O4/c1-3-18(20)22-16-9-5-14(6-10-16)13-15-7-11-17(12-8-15)23-19(21)4-2/h3-4,14-17H,1-2,5-13H2. The van der Waals surface area contributed by atoms with Crippen molar-refractivity contribution in [3.63, 3.8) is 0 Å². The van der Waals surface area contributed by atoms with Crippen LogP contribution in [0, 0.1) is 11.8 Å². The van der Waals surface area contributed by atoms with Crippen LogP contribution in [0.3, 0.4) is 0 Å². The molecule has 0 atom stereocenters. The number of esters is 2. The van der Waals surface area contributed by atoms with Gasteiger partial charge in [0.15, 0.2) is 0 Å². The third kappa shape index (κ3) is 5.85. The van der Waals surface area contributed by atoms with E-state index in [4.69, 9.17) is 9.47 Å². The Balaban J connectivity index is 1.64. The highest BCUT2D eigenvalue weighted by Crippen LogP contribution is 2.36. The summed E-state index contributed by atoms with van der Waals surface area (Å²) in [6, 6.07) is 0. The highest BCUT2D eigenvalue weighted by Gasteiger charge is 2.28. The van der Waals surface area contributed by atoms with Crippen LogP contribution in [0.15, 0.2) is 25.3 Å². The zero-order valence-corrected chi connectivity index (χ0v) is 13.9. The van der Waals surface area contributed by atoms with Crippen LogP contribution in [0.5, 0.6) is 0 Å². The number of rotatable bonds is 6. The first-order chi connectivity index (χ1) is 11.1. The molecule has 23 heavy (non-hydrogen) atoms. The molecular weight excluding hydrogens is 292 g/mol. The Hall–Kier alpha value is -1.58. The van der Waals surface area contributed by atoms with Crippen molar-refractivity contribution >= 4 is 11.9 Å². The molecule has 128 valence electrons. The van der Waals surface area contributed by atoms with Gasteiger partial charge in [0.25, 0.3) is 0 Å². The van der Waals surface area contributed by atoms with Crippen LogP contribution in [-0.2, 0) is 19.1 Å². The van der Waals surface area contributed by atoms with Crippen LogP contribution in [0.2, 0.25) is 0 Å². The van der Waals surface area contributed by atoms with Gasteiger partial charge >= 0.3 is 11.9 Å². The zero-order chi connectivity index (χ0) is 16.7. The predicted octanol–water partition coefficient (Wildman–Crippen LogP) is 3.95. The number of hydrogen-bond acceptors (Lipinski definition) is 4. The smallest absolute Gasteiger partial charge is 0.330 e. The zero-order valence-electron chi connectivity index (χ0n) is 13.9. The lowest BCUT2D eigenvalue weighted by Crippen LogP contribution is -2.27. The van der Waals surface area contributed by atoms with Gasteiger partial charge in [-0.1, -0.05) is 13.2 Å². The molecule has 0 heterocycles. The van der Waals surface area contributed by atoms with E-state index in [1.807, 2.05) is 0 Å². The van der Waals surface area contributed by atoms with E-state index in [1.54, 1.807) is 0 Å². The molecule has 2 aliphatic rings. The summed E-state index contributed by atoms with van der Waals surface area (Å²) < 4.78 is 10.7. The molecule has 0 aliphatic heterocycles. The molecule has 0 N–H and O–H groups in total. The van der Waals surface area contributed by atoms with Gasteiger partial charge in [0.2, 0.25) is 0 Å². The maximum Gasteiger partial charge on any atom is 0.330 e. The molecule has 4 nitrogen and oxygen atoms in total. The van der Waals surface area contributed by atoms with Gasteiger partial charge in [-0.25, -0.2) is 9.59 Å². The molecule has 2 fully saturated rings. The maximum absolute atomic E-state index is 11.2. The summed E-state index contributed by atoms with van der Waals surface area (Å²) in [5, 5.41) is 0. The first-order valence-electron chi connectivity index (χ1n) is 8.76. The molecule has 0 aromatic rings. The summed E-state index contributed by atoms with van der Waals surface area (Å²) in [5.74, 6) is 0.874. The van der Waals surface area contributed by atoms with Crippen molar-refractivity contribution in [3.8, 4) is 0 Å². The SMILES string of the molecule is C=CC(=O)OC1CCC(CC2CCC(OC(=O)C=C)CC2)CC1. The van der Waals surface area contributed by atoms with Crippen molar-refractivity contribution in [1.82, 2.24) is 0 Å². The van der Waals surface area contributed by atoms with Crippen molar-refractivity contribution in [2.24, 2.45) is 11.8 Å². The van der Waals surface area contributed by atoms with Gasteiger partial charge in [0, 0.05) is 12.2 Å². The summed E-state index contributed by atoms with van der Waals surface area (Å²) in [6.45, 7) is 6.87. The third-order valence-corrected chi connectivity index (χ3v) is 5.15. The third-order valence-electron chi connectivity index (χ3n) is 5.15. The van der Waals surface area contributed by atoms with E-state index < -0.39 is 0 Å². The van der Waals surface area contributed by atoms with Gasteiger partial charge in [0.05, 0.1) is 0 Å². The molecule has 0 radical (unpaired) electrons. The van der Waals surface area contributed by atoms with E-state index >= 15 is 0 Å². The van der Waals surface area contributed by atoms with Gasteiger partial charge in [-0.15, -0.1) is 0 Å². The number of hydrogen-bond donors (Lipinski definition) is 0. The average molecular weight is 320 g/mol. The molecule has 0 aromatic heterocycles. The van der Waals surface area contributed by atoms with E-state index in [0.29, 0.717) is 0 Å². The van der Waals surface area contributed by atoms with Gasteiger partial charge in [-0.3, -0.25) is 0 Å². The summed E-state index contributed by atoms with van der Waals surface area (Å²) >= 11 is 0. The van der Waals surface area contributed by atoms with Crippen molar-refractivity contribution in [1.29, 1.82) is 0 Å². The van der Waals surface area contributed by atoms with E-state index in [2.05, 4.69) is 13.2 Å². The second-order valence-corrected chi connectivity index (χ2v) is 6.80. The molecule has 0 spiro atoms. The van der Waals surface area contributed by atoms with Gasteiger partial charge < -0.3 is 9.47 Å². The first kappa shape index (κ1) is 17.8. The van der Waals surface area contributed by atoms with E-state index in [9.17, 15) is 9.59 Å². The van der Waals surface area contributed by atoms with Crippen LogP contribution in [0.25, 0.3) is 0 Å².